The van der Waals surface area contributed by atoms with Crippen molar-refractivity contribution in [1.29, 1.82) is 0 Å². The van der Waals surface area contributed by atoms with E-state index in [-0.39, 0.29) is 49.0 Å². The molecule has 0 aliphatic carbocycles. The first kappa shape index (κ1) is 21.5. The van der Waals surface area contributed by atoms with Crippen LogP contribution in [0.25, 0.3) is 11.0 Å². The maximum absolute atomic E-state index is 13.0. The van der Waals surface area contributed by atoms with Gasteiger partial charge in [-0.05, 0) is 30.7 Å². The normalized spacial score (nSPS) is 10.7. The van der Waals surface area contributed by atoms with E-state index in [1.807, 2.05) is 31.2 Å². The molecule has 0 radical (unpaired) electrons. The maximum atomic E-state index is 13.0. The number of benzene rings is 2. The molecular formula is C22H23ClN4O3. The lowest BCUT2D eigenvalue weighted by Crippen LogP contribution is -2.34. The third-order valence-corrected chi connectivity index (χ3v) is 4.99. The molecule has 0 atom stereocenters. The number of amides is 2. The molecule has 0 fully saturated rings. The Labute approximate surface area is 179 Å². The molecule has 156 valence electrons. The van der Waals surface area contributed by atoms with Crippen LogP contribution >= 0.6 is 11.6 Å². The number of rotatable bonds is 8. The SMILES string of the molecule is CCNC(=O)CCc1nc2ccccc2n(CC(=O)NCc2ccccc2Cl)c1=O. The fourth-order valence-electron chi connectivity index (χ4n) is 3.12. The topological polar surface area (TPSA) is 93.1 Å². The Morgan fingerprint density at radius 1 is 1.03 bits per heavy atom. The van der Waals surface area contributed by atoms with Crippen molar-refractivity contribution in [2.75, 3.05) is 6.54 Å². The van der Waals surface area contributed by atoms with Gasteiger partial charge in [-0.1, -0.05) is 41.9 Å². The second-order valence-corrected chi connectivity index (χ2v) is 7.17. The summed E-state index contributed by atoms with van der Waals surface area (Å²) in [6.45, 7) is 2.47. The second kappa shape index (κ2) is 10.0. The molecule has 2 aromatic carbocycles. The average molecular weight is 427 g/mol. The predicted molar refractivity (Wildman–Crippen MR) is 116 cm³/mol. The van der Waals surface area contributed by atoms with E-state index in [0.29, 0.717) is 22.6 Å². The van der Waals surface area contributed by atoms with Gasteiger partial charge in [0.1, 0.15) is 12.2 Å². The van der Waals surface area contributed by atoms with Crippen LogP contribution in [0.15, 0.2) is 53.3 Å². The van der Waals surface area contributed by atoms with Gasteiger partial charge in [0.25, 0.3) is 5.56 Å². The van der Waals surface area contributed by atoms with Crippen LogP contribution in [-0.2, 0) is 29.1 Å². The first-order valence-corrected chi connectivity index (χ1v) is 10.1. The molecule has 2 amide bonds. The number of hydrogen-bond acceptors (Lipinski definition) is 4. The van der Waals surface area contributed by atoms with Crippen molar-refractivity contribution in [2.45, 2.75) is 32.9 Å². The molecule has 0 spiro atoms. The molecule has 1 heterocycles. The van der Waals surface area contributed by atoms with Crippen LogP contribution in [0, 0.1) is 0 Å². The zero-order chi connectivity index (χ0) is 21.5. The zero-order valence-electron chi connectivity index (χ0n) is 16.7. The van der Waals surface area contributed by atoms with E-state index >= 15 is 0 Å². The molecule has 8 heteroatoms. The third kappa shape index (κ3) is 5.24. The summed E-state index contributed by atoms with van der Waals surface area (Å²) < 4.78 is 1.40. The molecule has 1 aromatic heterocycles. The number of aryl methyl sites for hydroxylation is 1. The monoisotopic (exact) mass is 426 g/mol. The summed E-state index contributed by atoms with van der Waals surface area (Å²) in [5.74, 6) is -0.459. The van der Waals surface area contributed by atoms with Gasteiger partial charge >= 0.3 is 0 Å². The molecule has 0 saturated carbocycles. The number of carbonyl (C=O) groups excluding carboxylic acids is 2. The molecule has 2 N–H and O–H groups in total. The fourth-order valence-corrected chi connectivity index (χ4v) is 3.32. The summed E-state index contributed by atoms with van der Waals surface area (Å²) in [7, 11) is 0. The molecular weight excluding hydrogens is 404 g/mol. The van der Waals surface area contributed by atoms with Crippen LogP contribution in [-0.4, -0.2) is 27.9 Å². The Kier molecular flexibility index (Phi) is 7.19. The molecule has 30 heavy (non-hydrogen) atoms. The van der Waals surface area contributed by atoms with Crippen LogP contribution in [0.3, 0.4) is 0 Å². The maximum Gasteiger partial charge on any atom is 0.273 e. The quantitative estimate of drug-likeness (QED) is 0.578. The predicted octanol–water partition coefficient (Wildman–Crippen LogP) is 2.43. The van der Waals surface area contributed by atoms with Crippen LogP contribution in [0.2, 0.25) is 5.02 Å². The lowest BCUT2D eigenvalue weighted by Gasteiger charge is -2.13. The van der Waals surface area contributed by atoms with E-state index in [4.69, 9.17) is 11.6 Å². The molecule has 3 aromatic rings. The average Bonchev–Trinajstić information content (AvgIpc) is 2.74. The summed E-state index contributed by atoms with van der Waals surface area (Å²) >= 11 is 6.13. The Morgan fingerprint density at radius 3 is 2.53 bits per heavy atom. The van der Waals surface area contributed by atoms with Crippen molar-refractivity contribution in [2.24, 2.45) is 0 Å². The molecule has 3 rings (SSSR count). The number of para-hydroxylation sites is 2. The Hall–Kier alpha value is -3.19. The highest BCUT2D eigenvalue weighted by molar-refractivity contribution is 6.31. The van der Waals surface area contributed by atoms with Gasteiger partial charge in [-0.15, -0.1) is 0 Å². The first-order valence-electron chi connectivity index (χ1n) is 9.75. The Bertz CT molecular complexity index is 1130. The van der Waals surface area contributed by atoms with Crippen molar-refractivity contribution < 1.29 is 9.59 Å². The lowest BCUT2D eigenvalue weighted by atomic mass is 10.2. The van der Waals surface area contributed by atoms with Gasteiger partial charge in [-0.3, -0.25) is 19.0 Å². The van der Waals surface area contributed by atoms with Gasteiger partial charge in [0, 0.05) is 31.0 Å². The van der Waals surface area contributed by atoms with Gasteiger partial charge in [0.2, 0.25) is 11.8 Å². The van der Waals surface area contributed by atoms with Crippen LogP contribution in [0.4, 0.5) is 0 Å². The number of hydrogen-bond donors (Lipinski definition) is 2. The fraction of sp³-hybridized carbons (Fsp3) is 0.273. The Balaban J connectivity index is 1.82. The summed E-state index contributed by atoms with van der Waals surface area (Å²) in [5.41, 5.74) is 1.85. The van der Waals surface area contributed by atoms with E-state index in [0.717, 1.165) is 5.56 Å². The Morgan fingerprint density at radius 2 is 1.77 bits per heavy atom. The zero-order valence-corrected chi connectivity index (χ0v) is 17.4. The standard InChI is InChI=1S/C22H23ClN4O3/c1-2-24-20(28)12-11-18-22(30)27(19-10-6-5-9-17(19)26-18)14-21(29)25-13-15-7-3-4-8-16(15)23/h3-10H,2,11-14H2,1H3,(H,24,28)(H,25,29). The van der Waals surface area contributed by atoms with Crippen molar-refractivity contribution in [1.82, 2.24) is 20.2 Å². The molecule has 0 saturated heterocycles. The molecule has 7 nitrogen and oxygen atoms in total. The van der Waals surface area contributed by atoms with Crippen molar-refractivity contribution in [3.63, 3.8) is 0 Å². The molecule has 0 unspecified atom stereocenters. The van der Waals surface area contributed by atoms with Gasteiger partial charge in [-0.2, -0.15) is 0 Å². The highest BCUT2D eigenvalue weighted by Crippen LogP contribution is 2.14. The number of carbonyl (C=O) groups is 2. The van der Waals surface area contributed by atoms with Crippen molar-refractivity contribution in [3.05, 3.63) is 75.2 Å². The molecule has 0 aliphatic heterocycles. The van der Waals surface area contributed by atoms with Gasteiger partial charge in [0.15, 0.2) is 0 Å². The third-order valence-electron chi connectivity index (χ3n) is 4.62. The smallest absolute Gasteiger partial charge is 0.273 e. The van der Waals surface area contributed by atoms with E-state index in [1.54, 1.807) is 24.3 Å². The highest BCUT2D eigenvalue weighted by Gasteiger charge is 2.15. The number of nitrogens with zero attached hydrogens (tertiary/aromatic N) is 2. The molecule has 0 aliphatic rings. The van der Waals surface area contributed by atoms with Crippen molar-refractivity contribution in [3.8, 4) is 0 Å². The molecule has 0 bridgehead atoms. The van der Waals surface area contributed by atoms with Gasteiger partial charge in [-0.25, -0.2) is 4.98 Å². The summed E-state index contributed by atoms with van der Waals surface area (Å²) in [6, 6.07) is 14.4. The van der Waals surface area contributed by atoms with Crippen LogP contribution in [0.1, 0.15) is 24.6 Å². The summed E-state index contributed by atoms with van der Waals surface area (Å²) in [5, 5.41) is 6.07. The van der Waals surface area contributed by atoms with Gasteiger partial charge in [0.05, 0.1) is 11.0 Å². The highest BCUT2D eigenvalue weighted by atomic mass is 35.5. The van der Waals surface area contributed by atoms with E-state index in [1.165, 1.54) is 4.57 Å². The summed E-state index contributed by atoms with van der Waals surface area (Å²) in [4.78, 5) is 41.7. The summed E-state index contributed by atoms with van der Waals surface area (Å²) in [6.07, 6.45) is 0.365. The largest absolute Gasteiger partial charge is 0.356 e. The van der Waals surface area contributed by atoms with Crippen molar-refractivity contribution >= 4 is 34.4 Å². The van der Waals surface area contributed by atoms with E-state index < -0.39 is 0 Å². The van der Waals surface area contributed by atoms with Crippen LogP contribution < -0.4 is 16.2 Å². The number of halogens is 1. The second-order valence-electron chi connectivity index (χ2n) is 6.76. The number of aromatic nitrogens is 2. The minimum absolute atomic E-state index is 0.143. The van der Waals surface area contributed by atoms with E-state index in [2.05, 4.69) is 15.6 Å². The first-order chi connectivity index (χ1) is 14.5. The lowest BCUT2D eigenvalue weighted by molar-refractivity contribution is -0.122. The van der Waals surface area contributed by atoms with Gasteiger partial charge < -0.3 is 10.6 Å². The van der Waals surface area contributed by atoms with E-state index in [9.17, 15) is 14.4 Å². The van der Waals surface area contributed by atoms with Crippen LogP contribution in [0.5, 0.6) is 0 Å². The minimum Gasteiger partial charge on any atom is -0.356 e. The number of fused-ring (bicyclic) bond motifs is 1. The minimum atomic E-state index is -0.370. The number of nitrogens with one attached hydrogen (secondary N) is 2.